The van der Waals surface area contributed by atoms with E-state index < -0.39 is 0 Å². The van der Waals surface area contributed by atoms with Crippen LogP contribution < -0.4 is 5.56 Å². The molecule has 0 saturated carbocycles. The summed E-state index contributed by atoms with van der Waals surface area (Å²) < 4.78 is 6.45. The first-order chi connectivity index (χ1) is 14.1. The van der Waals surface area contributed by atoms with Crippen LogP contribution in [0.1, 0.15) is 34.2 Å². The molecular formula is C22H15BrN2O3S. The number of carbonyl (C=O) groups excluding carboxylic acids is 1. The van der Waals surface area contributed by atoms with E-state index >= 15 is 0 Å². The second kappa shape index (κ2) is 7.24. The van der Waals surface area contributed by atoms with Crippen molar-refractivity contribution in [2.24, 2.45) is 0 Å². The predicted octanol–water partition coefficient (Wildman–Crippen LogP) is 5.43. The zero-order valence-corrected chi connectivity index (χ0v) is 17.5. The Bertz CT molecular complexity index is 1260. The minimum absolute atomic E-state index is 0.00911. The molecular weight excluding hydrogens is 452 g/mol. The van der Waals surface area contributed by atoms with Gasteiger partial charge in [-0.3, -0.25) is 9.59 Å². The van der Waals surface area contributed by atoms with Gasteiger partial charge in [0.05, 0.1) is 17.5 Å². The van der Waals surface area contributed by atoms with E-state index in [1.807, 2.05) is 41.8 Å². The lowest BCUT2D eigenvalue weighted by Gasteiger charge is -2.22. The number of aromatic nitrogens is 2. The molecule has 29 heavy (non-hydrogen) atoms. The summed E-state index contributed by atoms with van der Waals surface area (Å²) in [5.74, 6) is 0.734. The molecule has 144 valence electrons. The molecule has 3 aromatic heterocycles. The first-order valence-electron chi connectivity index (χ1n) is 9.13. The molecule has 0 spiro atoms. The summed E-state index contributed by atoms with van der Waals surface area (Å²) in [5.41, 5.74) is 3.22. The number of hydrogen-bond donors (Lipinski definition) is 1. The number of hydrogen-bond acceptors (Lipinski definition) is 5. The van der Waals surface area contributed by atoms with Crippen molar-refractivity contribution in [2.75, 3.05) is 0 Å². The Morgan fingerprint density at radius 3 is 2.69 bits per heavy atom. The SMILES string of the molecule is O=C1C[C@@H](c2ccco2)Cc2[nH]c(=O)c(-c3nc(-c4ccc(Br)cc4)cs3)cc21. The average molecular weight is 467 g/mol. The number of nitrogens with one attached hydrogen (secondary N) is 1. The third-order valence-electron chi connectivity index (χ3n) is 5.13. The summed E-state index contributed by atoms with van der Waals surface area (Å²) in [4.78, 5) is 33.1. The Morgan fingerprint density at radius 2 is 1.93 bits per heavy atom. The Balaban J connectivity index is 1.50. The van der Waals surface area contributed by atoms with E-state index in [1.54, 1.807) is 12.3 Å². The van der Waals surface area contributed by atoms with Crippen molar-refractivity contribution in [3.8, 4) is 21.8 Å². The summed E-state index contributed by atoms with van der Waals surface area (Å²) in [7, 11) is 0. The number of carbonyl (C=O) groups is 1. The predicted molar refractivity (Wildman–Crippen MR) is 115 cm³/mol. The lowest BCUT2D eigenvalue weighted by Crippen LogP contribution is -2.24. The molecule has 0 aliphatic heterocycles. The van der Waals surface area contributed by atoms with Gasteiger partial charge in [0.2, 0.25) is 0 Å². The van der Waals surface area contributed by atoms with E-state index in [0.717, 1.165) is 21.5 Å². The molecule has 5 rings (SSSR count). The van der Waals surface area contributed by atoms with Crippen LogP contribution in [-0.4, -0.2) is 15.8 Å². The summed E-state index contributed by atoms with van der Waals surface area (Å²) in [6.45, 7) is 0. The number of Topliss-reactive ketones (excluding diaryl/α,β-unsaturated/α-hetero) is 1. The zero-order valence-electron chi connectivity index (χ0n) is 15.1. The summed E-state index contributed by atoms with van der Waals surface area (Å²) in [5, 5.41) is 2.53. The van der Waals surface area contributed by atoms with Crippen LogP contribution in [0.2, 0.25) is 0 Å². The summed E-state index contributed by atoms with van der Waals surface area (Å²) >= 11 is 4.82. The van der Waals surface area contributed by atoms with Crippen molar-refractivity contribution < 1.29 is 9.21 Å². The molecule has 1 N–H and O–H groups in total. The van der Waals surface area contributed by atoms with E-state index in [2.05, 4.69) is 25.9 Å². The van der Waals surface area contributed by atoms with E-state index in [-0.39, 0.29) is 17.3 Å². The number of fused-ring (bicyclic) bond motifs is 1. The first-order valence-corrected chi connectivity index (χ1v) is 10.8. The van der Waals surface area contributed by atoms with E-state index in [1.165, 1.54) is 11.3 Å². The van der Waals surface area contributed by atoms with E-state index in [0.29, 0.717) is 34.7 Å². The van der Waals surface area contributed by atoms with E-state index in [9.17, 15) is 9.59 Å². The third kappa shape index (κ3) is 3.41. The fraction of sp³-hybridized carbons (Fsp3) is 0.136. The highest BCUT2D eigenvalue weighted by Gasteiger charge is 2.29. The molecule has 1 aliphatic rings. The Hall–Kier alpha value is -2.77. The van der Waals surface area contributed by atoms with Crippen molar-refractivity contribution in [2.45, 2.75) is 18.8 Å². The highest BCUT2D eigenvalue weighted by Crippen LogP contribution is 2.34. The van der Waals surface area contributed by atoms with Crippen molar-refractivity contribution in [3.63, 3.8) is 0 Å². The van der Waals surface area contributed by atoms with Crippen LogP contribution in [0.5, 0.6) is 0 Å². The number of thiazole rings is 1. The lowest BCUT2D eigenvalue weighted by atomic mass is 9.84. The molecule has 4 aromatic rings. The molecule has 1 aliphatic carbocycles. The highest BCUT2D eigenvalue weighted by atomic mass is 79.9. The van der Waals surface area contributed by atoms with Gasteiger partial charge in [-0.1, -0.05) is 28.1 Å². The maximum absolute atomic E-state index is 12.8. The standard InChI is InChI=1S/C22H15BrN2O3S/c23-14-5-3-12(4-6-14)18-11-29-22(25-18)16-10-15-17(24-21(16)27)8-13(9-19(15)26)20-2-1-7-28-20/h1-7,10-11,13H,8-9H2,(H,24,27)/t13-/m0/s1. The van der Waals surface area contributed by atoms with Gasteiger partial charge in [-0.05, 0) is 36.8 Å². The Morgan fingerprint density at radius 1 is 1.10 bits per heavy atom. The van der Waals surface area contributed by atoms with Gasteiger partial charge in [-0.2, -0.15) is 0 Å². The topological polar surface area (TPSA) is 76.0 Å². The van der Waals surface area contributed by atoms with Gasteiger partial charge in [0.15, 0.2) is 5.78 Å². The molecule has 0 unspecified atom stereocenters. The van der Waals surface area contributed by atoms with Crippen LogP contribution in [0.4, 0.5) is 0 Å². The maximum Gasteiger partial charge on any atom is 0.258 e. The van der Waals surface area contributed by atoms with Crippen molar-refractivity contribution in [1.82, 2.24) is 9.97 Å². The number of rotatable bonds is 3. The lowest BCUT2D eigenvalue weighted by molar-refractivity contribution is 0.0959. The number of furan rings is 1. The van der Waals surface area contributed by atoms with Crippen LogP contribution in [0, 0.1) is 0 Å². The van der Waals surface area contributed by atoms with Crippen LogP contribution in [-0.2, 0) is 6.42 Å². The minimum Gasteiger partial charge on any atom is -0.469 e. The zero-order chi connectivity index (χ0) is 20.0. The van der Waals surface area contributed by atoms with Gasteiger partial charge in [-0.25, -0.2) is 4.98 Å². The second-order valence-electron chi connectivity index (χ2n) is 6.99. The molecule has 0 fully saturated rings. The number of pyridine rings is 1. The molecule has 1 aromatic carbocycles. The number of halogens is 1. The van der Waals surface area contributed by atoms with Crippen LogP contribution in [0.15, 0.2) is 67.8 Å². The fourth-order valence-electron chi connectivity index (χ4n) is 3.67. The van der Waals surface area contributed by atoms with Gasteiger partial charge in [0, 0.05) is 39.0 Å². The van der Waals surface area contributed by atoms with Crippen molar-refractivity contribution in [1.29, 1.82) is 0 Å². The first kappa shape index (κ1) is 18.3. The van der Waals surface area contributed by atoms with E-state index in [4.69, 9.17) is 4.42 Å². The number of nitrogens with zero attached hydrogens (tertiary/aromatic N) is 1. The van der Waals surface area contributed by atoms with Crippen LogP contribution >= 0.6 is 27.3 Å². The molecule has 1 atom stereocenters. The molecule has 7 heteroatoms. The van der Waals surface area contributed by atoms with Crippen LogP contribution in [0.25, 0.3) is 21.8 Å². The summed E-state index contributed by atoms with van der Waals surface area (Å²) in [6.07, 6.45) is 2.55. The minimum atomic E-state index is -0.228. The second-order valence-corrected chi connectivity index (χ2v) is 8.77. The van der Waals surface area contributed by atoms with Gasteiger partial charge in [-0.15, -0.1) is 11.3 Å². The summed E-state index contributed by atoms with van der Waals surface area (Å²) in [6, 6.07) is 13.2. The van der Waals surface area contributed by atoms with Gasteiger partial charge >= 0.3 is 0 Å². The van der Waals surface area contributed by atoms with Crippen molar-refractivity contribution in [3.05, 3.63) is 86.0 Å². The maximum atomic E-state index is 12.8. The van der Waals surface area contributed by atoms with Crippen LogP contribution in [0.3, 0.4) is 0 Å². The van der Waals surface area contributed by atoms with Gasteiger partial charge in [0.25, 0.3) is 5.56 Å². The molecule has 0 radical (unpaired) electrons. The fourth-order valence-corrected chi connectivity index (χ4v) is 4.77. The molecule has 0 amide bonds. The largest absolute Gasteiger partial charge is 0.469 e. The number of benzene rings is 1. The quantitative estimate of drug-likeness (QED) is 0.436. The average Bonchev–Trinajstić information content (AvgIpc) is 3.40. The number of H-pyrrole nitrogens is 1. The molecule has 5 nitrogen and oxygen atoms in total. The third-order valence-corrected chi connectivity index (χ3v) is 6.53. The van der Waals surface area contributed by atoms with Crippen molar-refractivity contribution >= 4 is 33.0 Å². The highest BCUT2D eigenvalue weighted by molar-refractivity contribution is 9.10. The Kier molecular flexibility index (Phi) is 4.56. The monoisotopic (exact) mass is 466 g/mol. The number of ketones is 1. The number of aromatic amines is 1. The van der Waals surface area contributed by atoms with Gasteiger partial charge in [0.1, 0.15) is 10.8 Å². The molecule has 0 bridgehead atoms. The smallest absolute Gasteiger partial charge is 0.258 e. The normalized spacial score (nSPS) is 16.0. The Labute approximate surface area is 178 Å². The van der Waals surface area contributed by atoms with Gasteiger partial charge < -0.3 is 9.40 Å². The molecule has 3 heterocycles. The molecule has 0 saturated heterocycles.